The molecule has 0 radical (unpaired) electrons. The Balaban J connectivity index is 0.000000921. The van der Waals surface area contributed by atoms with Crippen LogP contribution in [0.25, 0.3) is 5.57 Å². The van der Waals surface area contributed by atoms with E-state index in [-0.39, 0.29) is 5.82 Å². The van der Waals surface area contributed by atoms with E-state index in [9.17, 15) is 4.39 Å². The molecule has 1 nitrogen and oxygen atoms in total. The fourth-order valence-corrected chi connectivity index (χ4v) is 2.63. The molecule has 0 aliphatic heterocycles. The highest BCUT2D eigenvalue weighted by Crippen LogP contribution is 2.22. The first-order chi connectivity index (χ1) is 13.8. The lowest BCUT2D eigenvalue weighted by Crippen LogP contribution is -2.13. The summed E-state index contributed by atoms with van der Waals surface area (Å²) < 4.78 is 12.9. The predicted octanol–water partition coefficient (Wildman–Crippen LogP) is 7.10. The van der Waals surface area contributed by atoms with Crippen LogP contribution >= 0.6 is 0 Å². The molecule has 0 aliphatic rings. The molecule has 0 spiro atoms. The lowest BCUT2D eigenvalue weighted by atomic mass is 9.97. The molecule has 0 bridgehead atoms. The van der Waals surface area contributed by atoms with Gasteiger partial charge in [-0.1, -0.05) is 107 Å². The summed E-state index contributed by atoms with van der Waals surface area (Å²) in [4.78, 5) is 0. The van der Waals surface area contributed by atoms with E-state index in [4.69, 9.17) is 0 Å². The number of benzene rings is 3. The molecule has 0 amide bonds. The molecule has 0 saturated heterocycles. The maximum atomic E-state index is 12.9. The summed E-state index contributed by atoms with van der Waals surface area (Å²) >= 11 is 0. The molecule has 148 valence electrons. The minimum atomic E-state index is -0.200. The monoisotopic (exact) mass is 377 g/mol. The molecule has 28 heavy (non-hydrogen) atoms. The van der Waals surface area contributed by atoms with E-state index in [1.807, 2.05) is 39.8 Å². The minimum absolute atomic E-state index is 0.200. The van der Waals surface area contributed by atoms with Gasteiger partial charge in [0.1, 0.15) is 5.82 Å². The van der Waals surface area contributed by atoms with Crippen LogP contribution in [0.15, 0.2) is 91.0 Å². The molecule has 0 atom stereocenters. The molecular formula is C26H32FN. The van der Waals surface area contributed by atoms with Gasteiger partial charge in [0.05, 0.1) is 0 Å². The van der Waals surface area contributed by atoms with Crippen LogP contribution in [0.3, 0.4) is 0 Å². The topological polar surface area (TPSA) is 12.0 Å². The quantitative estimate of drug-likeness (QED) is 0.452. The van der Waals surface area contributed by atoms with Gasteiger partial charge in [-0.3, -0.25) is 0 Å². The summed E-state index contributed by atoms with van der Waals surface area (Å²) in [6, 6.07) is 27.4. The summed E-state index contributed by atoms with van der Waals surface area (Å²) in [5.74, 6) is -0.200. The Morgan fingerprint density at radius 3 is 1.64 bits per heavy atom. The fourth-order valence-electron chi connectivity index (χ4n) is 2.63. The van der Waals surface area contributed by atoms with Crippen LogP contribution in [0.2, 0.25) is 0 Å². The van der Waals surface area contributed by atoms with E-state index in [1.54, 1.807) is 12.1 Å². The van der Waals surface area contributed by atoms with Crippen molar-refractivity contribution in [1.82, 2.24) is 5.32 Å². The average Bonchev–Trinajstić information content (AvgIpc) is 2.79. The molecule has 3 rings (SSSR count). The van der Waals surface area contributed by atoms with E-state index < -0.39 is 0 Å². The first-order valence-corrected chi connectivity index (χ1v) is 10.1. The van der Waals surface area contributed by atoms with Gasteiger partial charge in [-0.2, -0.15) is 0 Å². The minimum Gasteiger partial charge on any atom is -0.309 e. The Kier molecular flexibility index (Phi) is 12.0. The van der Waals surface area contributed by atoms with Gasteiger partial charge in [0.25, 0.3) is 0 Å². The number of halogens is 1. The second-order valence-corrected chi connectivity index (χ2v) is 5.61. The lowest BCUT2D eigenvalue weighted by Gasteiger charge is -2.09. The van der Waals surface area contributed by atoms with Crippen LogP contribution in [-0.2, 0) is 6.54 Å². The van der Waals surface area contributed by atoms with E-state index in [0.717, 1.165) is 12.1 Å². The van der Waals surface area contributed by atoms with E-state index >= 15 is 0 Å². The summed E-state index contributed by atoms with van der Waals surface area (Å²) in [6.07, 6.45) is 2.20. The summed E-state index contributed by atoms with van der Waals surface area (Å²) in [6.45, 7) is 9.46. The molecule has 3 aromatic rings. The van der Waals surface area contributed by atoms with Crippen molar-refractivity contribution >= 4 is 5.57 Å². The Morgan fingerprint density at radius 1 is 0.714 bits per heavy atom. The zero-order chi connectivity index (χ0) is 20.6. The van der Waals surface area contributed by atoms with E-state index in [0.29, 0.717) is 6.54 Å². The van der Waals surface area contributed by atoms with Crippen LogP contribution in [0.1, 0.15) is 44.4 Å². The molecule has 1 N–H and O–H groups in total. The van der Waals surface area contributed by atoms with Gasteiger partial charge < -0.3 is 5.32 Å². The van der Waals surface area contributed by atoms with Crippen LogP contribution in [0.4, 0.5) is 4.39 Å². The largest absolute Gasteiger partial charge is 0.309 e. The van der Waals surface area contributed by atoms with Gasteiger partial charge in [0, 0.05) is 13.1 Å². The van der Waals surface area contributed by atoms with Crippen molar-refractivity contribution in [3.63, 3.8) is 0 Å². The van der Waals surface area contributed by atoms with Crippen LogP contribution < -0.4 is 5.32 Å². The third-order valence-corrected chi connectivity index (χ3v) is 3.86. The normalized spacial score (nSPS) is 9.32. The summed E-state index contributed by atoms with van der Waals surface area (Å²) in [5, 5.41) is 3.39. The van der Waals surface area contributed by atoms with E-state index in [2.05, 4.69) is 59.9 Å². The van der Waals surface area contributed by atoms with Crippen molar-refractivity contribution in [2.45, 2.75) is 34.2 Å². The lowest BCUT2D eigenvalue weighted by molar-refractivity contribution is 0.626. The average molecular weight is 378 g/mol. The zero-order valence-electron chi connectivity index (χ0n) is 17.5. The van der Waals surface area contributed by atoms with Crippen molar-refractivity contribution in [2.24, 2.45) is 0 Å². The number of nitrogens with one attached hydrogen (secondary N) is 1. The van der Waals surface area contributed by atoms with Gasteiger partial charge in [-0.25, -0.2) is 4.39 Å². The van der Waals surface area contributed by atoms with Crippen molar-refractivity contribution in [3.8, 4) is 0 Å². The van der Waals surface area contributed by atoms with Gasteiger partial charge in [0.15, 0.2) is 0 Å². The second kappa shape index (κ2) is 14.4. The van der Waals surface area contributed by atoms with Crippen LogP contribution in [0, 0.1) is 5.82 Å². The Bertz CT molecular complexity index is 736. The van der Waals surface area contributed by atoms with Gasteiger partial charge in [0.2, 0.25) is 0 Å². The van der Waals surface area contributed by atoms with Gasteiger partial charge in [-0.15, -0.1) is 0 Å². The highest BCUT2D eigenvalue weighted by molar-refractivity contribution is 5.79. The van der Waals surface area contributed by atoms with Crippen LogP contribution in [0.5, 0.6) is 0 Å². The predicted molar refractivity (Wildman–Crippen MR) is 121 cm³/mol. The van der Waals surface area contributed by atoms with Gasteiger partial charge in [-0.05, 0) is 34.4 Å². The van der Waals surface area contributed by atoms with Crippen molar-refractivity contribution < 1.29 is 4.39 Å². The molecular weight excluding hydrogens is 345 g/mol. The second-order valence-electron chi connectivity index (χ2n) is 5.61. The highest BCUT2D eigenvalue weighted by Gasteiger charge is 2.03. The van der Waals surface area contributed by atoms with Crippen molar-refractivity contribution in [2.75, 3.05) is 6.54 Å². The molecule has 2 heteroatoms. The fraction of sp³-hybridized carbons (Fsp3) is 0.231. The molecule has 0 heterocycles. The Hall–Kier alpha value is -2.71. The molecule has 0 saturated carbocycles. The first-order valence-electron chi connectivity index (χ1n) is 10.1. The third kappa shape index (κ3) is 7.89. The maximum absolute atomic E-state index is 12.9. The smallest absolute Gasteiger partial charge is 0.123 e. The molecule has 0 aliphatic carbocycles. The highest BCUT2D eigenvalue weighted by atomic mass is 19.1. The SMILES string of the molecule is CC.CC.Fc1ccc(CNCC=C(c2ccccc2)c2ccccc2)cc1. The molecule has 0 unspecified atom stereocenters. The van der Waals surface area contributed by atoms with E-state index in [1.165, 1.54) is 28.8 Å². The van der Waals surface area contributed by atoms with Gasteiger partial charge >= 0.3 is 0 Å². The summed E-state index contributed by atoms with van der Waals surface area (Å²) in [5.41, 5.74) is 4.69. The van der Waals surface area contributed by atoms with Crippen LogP contribution in [-0.4, -0.2) is 6.54 Å². The first kappa shape index (κ1) is 23.3. The van der Waals surface area contributed by atoms with Crippen molar-refractivity contribution in [1.29, 1.82) is 0 Å². The van der Waals surface area contributed by atoms with Crippen molar-refractivity contribution in [3.05, 3.63) is 114 Å². The summed E-state index contributed by atoms with van der Waals surface area (Å²) in [7, 11) is 0. The standard InChI is InChI=1S/C22H20FN.2C2H6/c23-21-13-11-18(12-14-21)17-24-16-15-22(19-7-3-1-4-8-19)20-9-5-2-6-10-20;2*1-2/h1-15,24H,16-17H2;2*1-2H3. The molecule has 0 fully saturated rings. The number of hydrogen-bond acceptors (Lipinski definition) is 1. The third-order valence-electron chi connectivity index (χ3n) is 3.86. The molecule has 0 aromatic heterocycles. The zero-order valence-corrected chi connectivity index (χ0v) is 17.5. The molecule has 3 aromatic carbocycles. The Morgan fingerprint density at radius 2 is 1.18 bits per heavy atom. The maximum Gasteiger partial charge on any atom is 0.123 e. The number of rotatable bonds is 6. The Labute approximate surface area is 170 Å². The number of hydrogen-bond donors (Lipinski definition) is 1.